The molecule has 0 radical (unpaired) electrons. The summed E-state index contributed by atoms with van der Waals surface area (Å²) in [4.78, 5) is 27.0. The number of aromatic hydroxyl groups is 2. The molecule has 5 heteroatoms. The molecule has 0 saturated heterocycles. The van der Waals surface area contributed by atoms with Gasteiger partial charge in [-0.1, -0.05) is 41.5 Å². The Bertz CT molecular complexity index is 1200. The number of carbonyl (C=O) groups is 2. The van der Waals surface area contributed by atoms with Crippen molar-refractivity contribution in [3.8, 4) is 22.6 Å². The molecule has 1 aliphatic rings. The van der Waals surface area contributed by atoms with Gasteiger partial charge in [0.15, 0.2) is 11.5 Å². The van der Waals surface area contributed by atoms with Crippen molar-refractivity contribution in [3.63, 3.8) is 0 Å². The second-order valence-electron chi connectivity index (χ2n) is 10.9. The number of allylic oxidation sites excluding steroid dienone is 4. The van der Waals surface area contributed by atoms with Gasteiger partial charge in [0.1, 0.15) is 0 Å². The van der Waals surface area contributed by atoms with E-state index in [0.717, 1.165) is 22.4 Å². The number of Topliss-reactive ketones (excluding diaryl/α,β-unsaturated/α-hetero) is 1. The van der Waals surface area contributed by atoms with Crippen LogP contribution in [-0.4, -0.2) is 35.9 Å². The van der Waals surface area contributed by atoms with Gasteiger partial charge < -0.3 is 15.1 Å². The minimum absolute atomic E-state index is 0.118. The third kappa shape index (κ3) is 4.87. The quantitative estimate of drug-likeness (QED) is 0.362. The third-order valence-electron chi connectivity index (χ3n) is 5.86. The Morgan fingerprint density at radius 1 is 0.727 bits per heavy atom. The normalized spacial score (nSPS) is 14.8. The third-order valence-corrected chi connectivity index (χ3v) is 5.86. The first-order valence-corrected chi connectivity index (χ1v) is 11.0. The predicted octanol–water partition coefficient (Wildman–Crippen LogP) is 5.64. The van der Waals surface area contributed by atoms with Crippen molar-refractivity contribution in [1.82, 2.24) is 0 Å². The smallest absolute Gasteiger partial charge is 0.229 e. The number of anilines is 1. The Balaban J connectivity index is 2.25. The van der Waals surface area contributed by atoms with Crippen molar-refractivity contribution in [2.75, 3.05) is 19.0 Å². The van der Waals surface area contributed by atoms with Gasteiger partial charge in [0.2, 0.25) is 11.6 Å². The predicted molar refractivity (Wildman–Crippen MR) is 134 cm³/mol. The lowest BCUT2D eigenvalue weighted by atomic mass is 9.78. The lowest BCUT2D eigenvalue weighted by Crippen LogP contribution is -2.26. The van der Waals surface area contributed by atoms with Crippen LogP contribution in [0.15, 0.2) is 48.1 Å². The van der Waals surface area contributed by atoms with Crippen molar-refractivity contribution in [2.24, 2.45) is 5.41 Å². The molecule has 0 amide bonds. The zero-order valence-corrected chi connectivity index (χ0v) is 20.7. The summed E-state index contributed by atoms with van der Waals surface area (Å²) in [6, 6.07) is 9.33. The highest BCUT2D eigenvalue weighted by Gasteiger charge is 2.31. The maximum atomic E-state index is 12.5. The first kappa shape index (κ1) is 24.3. The molecular formula is C28H33NO4. The second-order valence-corrected chi connectivity index (χ2v) is 10.9. The minimum Gasteiger partial charge on any atom is -0.504 e. The van der Waals surface area contributed by atoms with Crippen molar-refractivity contribution in [1.29, 1.82) is 0 Å². The van der Waals surface area contributed by atoms with Crippen LogP contribution in [0.25, 0.3) is 16.7 Å². The molecule has 0 unspecified atom stereocenters. The fourth-order valence-corrected chi connectivity index (χ4v) is 3.89. The molecule has 0 spiro atoms. The number of benzene rings is 2. The van der Waals surface area contributed by atoms with Crippen LogP contribution in [0, 0.1) is 5.41 Å². The second kappa shape index (κ2) is 8.22. The standard InChI is InChI=1S/C28H33NO4/c1-27(2,3)21-12-18(14-23(30)25(21)32)16-9-17(11-20(10-16)29(7)8)19-13-22(28(4,5)6)26(33)24(31)15-19/h9-15,30,32H,1-8H3. The average molecular weight is 448 g/mol. The molecule has 0 aromatic heterocycles. The Kier molecular flexibility index (Phi) is 6.05. The van der Waals surface area contributed by atoms with Crippen LogP contribution in [0.3, 0.4) is 0 Å². The molecule has 0 heterocycles. The summed E-state index contributed by atoms with van der Waals surface area (Å²) < 4.78 is 0. The number of phenols is 2. The molecule has 2 N–H and O–H groups in total. The molecular weight excluding hydrogens is 414 g/mol. The zero-order valence-electron chi connectivity index (χ0n) is 20.7. The number of phenolic OH excluding ortho intramolecular Hbond substituents is 2. The summed E-state index contributed by atoms with van der Waals surface area (Å²) >= 11 is 0. The summed E-state index contributed by atoms with van der Waals surface area (Å²) in [7, 11) is 3.86. The molecule has 5 nitrogen and oxygen atoms in total. The van der Waals surface area contributed by atoms with Gasteiger partial charge in [-0.05, 0) is 75.6 Å². The number of hydrogen-bond acceptors (Lipinski definition) is 5. The molecule has 0 bridgehead atoms. The van der Waals surface area contributed by atoms with Gasteiger partial charge in [-0.2, -0.15) is 0 Å². The molecule has 2 aromatic carbocycles. The number of nitrogens with zero attached hydrogens (tertiary/aromatic N) is 1. The molecule has 33 heavy (non-hydrogen) atoms. The Hall–Kier alpha value is -3.34. The van der Waals surface area contributed by atoms with Crippen LogP contribution >= 0.6 is 0 Å². The fraction of sp³-hybridized carbons (Fsp3) is 0.357. The minimum atomic E-state index is -0.522. The molecule has 3 rings (SSSR count). The molecule has 2 aromatic rings. The van der Waals surface area contributed by atoms with Crippen LogP contribution in [0.5, 0.6) is 11.5 Å². The summed E-state index contributed by atoms with van der Waals surface area (Å²) in [5, 5.41) is 20.8. The number of carbonyl (C=O) groups excluding carboxylic acids is 2. The van der Waals surface area contributed by atoms with Crippen LogP contribution < -0.4 is 4.90 Å². The topological polar surface area (TPSA) is 77.8 Å². The van der Waals surface area contributed by atoms with Gasteiger partial charge in [0, 0.05) is 30.9 Å². The highest BCUT2D eigenvalue weighted by atomic mass is 16.3. The van der Waals surface area contributed by atoms with E-state index < -0.39 is 17.0 Å². The maximum Gasteiger partial charge on any atom is 0.229 e. The van der Waals surface area contributed by atoms with Crippen molar-refractivity contribution >= 4 is 22.8 Å². The van der Waals surface area contributed by atoms with Gasteiger partial charge in [-0.15, -0.1) is 0 Å². The van der Waals surface area contributed by atoms with E-state index in [1.165, 1.54) is 6.08 Å². The van der Waals surface area contributed by atoms with E-state index in [2.05, 4.69) is 0 Å². The number of ketones is 2. The van der Waals surface area contributed by atoms with Crippen LogP contribution in [0.1, 0.15) is 52.7 Å². The molecule has 0 atom stereocenters. The highest BCUT2D eigenvalue weighted by Crippen LogP contribution is 2.42. The van der Waals surface area contributed by atoms with Gasteiger partial charge in [0.25, 0.3) is 0 Å². The van der Waals surface area contributed by atoms with Crippen molar-refractivity contribution < 1.29 is 19.8 Å². The van der Waals surface area contributed by atoms with E-state index >= 15 is 0 Å². The fourth-order valence-electron chi connectivity index (χ4n) is 3.89. The van der Waals surface area contributed by atoms with E-state index in [0.29, 0.717) is 16.7 Å². The first-order chi connectivity index (χ1) is 15.1. The lowest BCUT2D eigenvalue weighted by Gasteiger charge is -2.25. The van der Waals surface area contributed by atoms with Crippen LogP contribution in [-0.2, 0) is 15.0 Å². The Labute approximate surface area is 196 Å². The summed E-state index contributed by atoms with van der Waals surface area (Å²) in [6.45, 7) is 11.7. The maximum absolute atomic E-state index is 12.5. The van der Waals surface area contributed by atoms with E-state index in [1.807, 2.05) is 84.8 Å². The number of hydrogen-bond donors (Lipinski definition) is 2. The van der Waals surface area contributed by atoms with E-state index in [9.17, 15) is 19.8 Å². The van der Waals surface area contributed by atoms with Crippen molar-refractivity contribution in [3.05, 3.63) is 59.2 Å². The van der Waals surface area contributed by atoms with Gasteiger partial charge >= 0.3 is 0 Å². The monoisotopic (exact) mass is 447 g/mol. The molecule has 0 aliphatic heterocycles. The van der Waals surface area contributed by atoms with E-state index in [1.54, 1.807) is 12.1 Å². The summed E-state index contributed by atoms with van der Waals surface area (Å²) in [5.41, 5.74) is 4.25. The Morgan fingerprint density at radius 3 is 1.85 bits per heavy atom. The van der Waals surface area contributed by atoms with Crippen LogP contribution in [0.2, 0.25) is 0 Å². The molecule has 0 fully saturated rings. The van der Waals surface area contributed by atoms with Gasteiger partial charge in [-0.3, -0.25) is 9.59 Å². The number of rotatable bonds is 3. The Morgan fingerprint density at radius 2 is 1.30 bits per heavy atom. The summed E-state index contributed by atoms with van der Waals surface area (Å²) in [6.07, 6.45) is 3.20. The molecule has 0 saturated carbocycles. The highest BCUT2D eigenvalue weighted by molar-refractivity contribution is 6.50. The molecule has 1 aliphatic carbocycles. The van der Waals surface area contributed by atoms with Crippen LogP contribution in [0.4, 0.5) is 5.69 Å². The van der Waals surface area contributed by atoms with E-state index in [4.69, 9.17) is 0 Å². The van der Waals surface area contributed by atoms with Gasteiger partial charge in [-0.25, -0.2) is 0 Å². The largest absolute Gasteiger partial charge is 0.504 e. The van der Waals surface area contributed by atoms with Gasteiger partial charge in [0.05, 0.1) is 0 Å². The zero-order chi connectivity index (χ0) is 24.9. The summed E-state index contributed by atoms with van der Waals surface area (Å²) in [5.74, 6) is -1.28. The van der Waals surface area contributed by atoms with E-state index in [-0.39, 0.29) is 16.9 Å². The molecule has 174 valence electrons. The van der Waals surface area contributed by atoms with Crippen molar-refractivity contribution in [2.45, 2.75) is 47.0 Å². The average Bonchev–Trinajstić information content (AvgIpc) is 2.69. The lowest BCUT2D eigenvalue weighted by molar-refractivity contribution is -0.132. The first-order valence-electron chi connectivity index (χ1n) is 11.0. The SMILES string of the molecule is CN(C)c1cc(C2=CC(=O)C(=O)C(C(C)(C)C)=C2)cc(-c2cc(O)c(O)c(C(C)(C)C)c2)c1.